The van der Waals surface area contributed by atoms with Gasteiger partial charge in [0.05, 0.1) is 30.8 Å². The number of carbonyl (C=O) groups excluding carboxylic acids is 2. The fraction of sp³-hybridized carbons (Fsp3) is 0.519. The molecule has 1 aromatic carbocycles. The zero-order valence-corrected chi connectivity index (χ0v) is 22.4. The van der Waals surface area contributed by atoms with Gasteiger partial charge in [-0.1, -0.05) is 42.4 Å². The number of hydrogen-bond donors (Lipinski definition) is 0. The van der Waals surface area contributed by atoms with Gasteiger partial charge in [-0.3, -0.25) is 4.79 Å². The van der Waals surface area contributed by atoms with Gasteiger partial charge in [-0.25, -0.2) is 9.79 Å². The Bertz CT molecular complexity index is 1100. The number of likely N-dealkylation sites (tertiary alicyclic amines) is 1. The van der Waals surface area contributed by atoms with Crippen molar-refractivity contribution >= 4 is 28.8 Å². The molecule has 3 aliphatic heterocycles. The highest BCUT2D eigenvalue weighted by molar-refractivity contribution is 8.16. The summed E-state index contributed by atoms with van der Waals surface area (Å²) in [6, 6.07) is 6.16. The third kappa shape index (κ3) is 5.05. The fourth-order valence-electron chi connectivity index (χ4n) is 5.20. The second-order valence-electron chi connectivity index (χ2n) is 9.68. The molecule has 1 atom stereocenters. The van der Waals surface area contributed by atoms with E-state index in [1.54, 1.807) is 0 Å². The van der Waals surface area contributed by atoms with Crippen molar-refractivity contribution in [2.75, 3.05) is 34.3 Å². The number of fused-ring (bicyclic) bond motifs is 1. The number of thioether (sulfide) groups is 1. The van der Waals surface area contributed by atoms with E-state index in [0.717, 1.165) is 59.2 Å². The Morgan fingerprint density at radius 1 is 1.23 bits per heavy atom. The highest BCUT2D eigenvalue weighted by atomic mass is 32.2. The van der Waals surface area contributed by atoms with E-state index in [1.165, 1.54) is 18.9 Å². The zero-order valence-electron chi connectivity index (χ0n) is 21.6. The van der Waals surface area contributed by atoms with Crippen LogP contribution in [0, 0.1) is 13.8 Å². The summed E-state index contributed by atoms with van der Waals surface area (Å²) in [6.07, 6.45) is 2.87. The Morgan fingerprint density at radius 2 is 1.94 bits per heavy atom. The van der Waals surface area contributed by atoms with Gasteiger partial charge in [-0.05, 0) is 69.8 Å². The average molecular weight is 497 g/mol. The summed E-state index contributed by atoms with van der Waals surface area (Å²) in [5.41, 5.74) is 5.45. The maximum atomic E-state index is 13.4. The number of amidine groups is 1. The number of allylic oxidation sites excluding steroid dienone is 1. The van der Waals surface area contributed by atoms with Crippen LogP contribution in [0.1, 0.15) is 55.3 Å². The number of rotatable bonds is 6. The third-order valence-electron chi connectivity index (χ3n) is 7.31. The van der Waals surface area contributed by atoms with Crippen LogP contribution >= 0.6 is 11.8 Å². The molecule has 8 heteroatoms. The van der Waals surface area contributed by atoms with Crippen LogP contribution in [0.15, 0.2) is 45.6 Å². The second kappa shape index (κ2) is 10.6. The lowest BCUT2D eigenvalue weighted by Gasteiger charge is -2.38. The van der Waals surface area contributed by atoms with Gasteiger partial charge in [0.25, 0.3) is 0 Å². The quantitative estimate of drug-likeness (QED) is 0.545. The lowest BCUT2D eigenvalue weighted by Crippen LogP contribution is -2.45. The number of amides is 1. The summed E-state index contributed by atoms with van der Waals surface area (Å²) in [6.45, 7) is 8.15. The molecule has 0 radical (unpaired) electrons. The molecule has 0 aromatic heterocycles. The third-order valence-corrected chi connectivity index (χ3v) is 8.20. The Kier molecular flexibility index (Phi) is 7.71. The summed E-state index contributed by atoms with van der Waals surface area (Å²) in [5.74, 6) is -0.280. The van der Waals surface area contributed by atoms with Crippen molar-refractivity contribution in [1.82, 2.24) is 14.7 Å². The monoisotopic (exact) mass is 496 g/mol. The van der Waals surface area contributed by atoms with E-state index in [4.69, 9.17) is 9.73 Å². The molecule has 35 heavy (non-hydrogen) atoms. The van der Waals surface area contributed by atoms with Crippen LogP contribution < -0.4 is 0 Å². The van der Waals surface area contributed by atoms with E-state index in [-0.39, 0.29) is 30.4 Å². The average Bonchev–Trinajstić information content (AvgIpc) is 3.24. The van der Waals surface area contributed by atoms with Crippen molar-refractivity contribution in [3.05, 3.63) is 57.3 Å². The summed E-state index contributed by atoms with van der Waals surface area (Å²) in [5, 5.41) is 2.83. The highest BCUT2D eigenvalue weighted by Gasteiger charge is 2.42. The molecule has 3 heterocycles. The number of benzene rings is 1. The number of esters is 1. The molecule has 0 N–H and O–H groups in total. The molecule has 188 valence electrons. The lowest BCUT2D eigenvalue weighted by molar-refractivity contribution is -0.136. The number of aryl methyl sites for hydroxylation is 2. The largest absolute Gasteiger partial charge is 0.466 e. The molecule has 1 fully saturated rings. The van der Waals surface area contributed by atoms with Crippen LogP contribution in [0.2, 0.25) is 0 Å². The number of methoxy groups -OCH3 is 1. The van der Waals surface area contributed by atoms with E-state index in [2.05, 4.69) is 48.9 Å². The molecular weight excluding hydrogens is 460 g/mol. The first-order chi connectivity index (χ1) is 16.7. The van der Waals surface area contributed by atoms with Gasteiger partial charge in [0.1, 0.15) is 0 Å². The van der Waals surface area contributed by atoms with Crippen molar-refractivity contribution < 1.29 is 14.3 Å². The lowest BCUT2D eigenvalue weighted by atomic mass is 9.89. The van der Waals surface area contributed by atoms with Crippen LogP contribution in [-0.2, 0) is 14.3 Å². The van der Waals surface area contributed by atoms with Gasteiger partial charge in [-0.2, -0.15) is 0 Å². The second-order valence-corrected chi connectivity index (χ2v) is 10.5. The Labute approximate surface area is 212 Å². The minimum atomic E-state index is -0.381. The number of ether oxygens (including phenoxy) is 1. The first-order valence-corrected chi connectivity index (χ1v) is 13.2. The molecule has 1 amide bonds. The molecule has 1 saturated heterocycles. The molecular formula is C27H36N4O3S. The Morgan fingerprint density at radius 3 is 2.57 bits per heavy atom. The standard InChI is InChI=1S/C27H36N4O3S/c1-7-22-24(26(33)34-6)25(21-9-8-17(2)14-18(21)3)31-20(16-35-27(31)28-22)15-23(32)30(5)19-10-12-29(4)13-11-19/h8-9,14,16,19,25H,7,10-13,15H2,1-6H3/t25-/m0/s1. The van der Waals surface area contributed by atoms with Gasteiger partial charge in [-0.15, -0.1) is 0 Å². The summed E-state index contributed by atoms with van der Waals surface area (Å²) < 4.78 is 5.23. The van der Waals surface area contributed by atoms with Gasteiger partial charge < -0.3 is 19.4 Å². The molecule has 7 nitrogen and oxygen atoms in total. The van der Waals surface area contributed by atoms with E-state index in [0.29, 0.717) is 12.0 Å². The molecule has 0 unspecified atom stereocenters. The maximum Gasteiger partial charge on any atom is 0.338 e. The predicted molar refractivity (Wildman–Crippen MR) is 141 cm³/mol. The summed E-state index contributed by atoms with van der Waals surface area (Å²) in [4.78, 5) is 37.6. The van der Waals surface area contributed by atoms with E-state index < -0.39 is 0 Å². The molecule has 4 rings (SSSR count). The Balaban J connectivity index is 1.68. The van der Waals surface area contributed by atoms with Crippen LogP contribution in [-0.4, -0.2) is 72.1 Å². The van der Waals surface area contributed by atoms with Gasteiger partial charge in [0.15, 0.2) is 5.17 Å². The fourth-order valence-corrected chi connectivity index (χ4v) is 6.14. The van der Waals surface area contributed by atoms with Crippen molar-refractivity contribution in [2.45, 2.75) is 58.5 Å². The zero-order chi connectivity index (χ0) is 25.3. The molecule has 0 aliphatic carbocycles. The van der Waals surface area contributed by atoms with Crippen molar-refractivity contribution in [3.8, 4) is 0 Å². The Hall–Kier alpha value is -2.58. The normalized spacial score (nSPS) is 21.0. The van der Waals surface area contributed by atoms with Crippen molar-refractivity contribution in [3.63, 3.8) is 0 Å². The maximum absolute atomic E-state index is 13.4. The van der Waals surface area contributed by atoms with Crippen LogP contribution in [0.25, 0.3) is 0 Å². The topological polar surface area (TPSA) is 65.5 Å². The highest BCUT2D eigenvalue weighted by Crippen LogP contribution is 2.46. The molecule has 1 aromatic rings. The molecule has 3 aliphatic rings. The first kappa shape index (κ1) is 25.5. The number of hydrogen-bond acceptors (Lipinski definition) is 7. The van der Waals surface area contributed by atoms with Crippen molar-refractivity contribution in [1.29, 1.82) is 0 Å². The number of carbonyl (C=O) groups is 2. The van der Waals surface area contributed by atoms with Crippen LogP contribution in [0.3, 0.4) is 0 Å². The van der Waals surface area contributed by atoms with Gasteiger partial charge in [0, 0.05) is 18.8 Å². The van der Waals surface area contributed by atoms with Crippen LogP contribution in [0.4, 0.5) is 0 Å². The van der Waals surface area contributed by atoms with Gasteiger partial charge >= 0.3 is 5.97 Å². The van der Waals surface area contributed by atoms with E-state index in [9.17, 15) is 9.59 Å². The number of aliphatic imine (C=N–C) groups is 1. The first-order valence-electron chi connectivity index (χ1n) is 12.3. The van der Waals surface area contributed by atoms with E-state index in [1.807, 2.05) is 24.3 Å². The predicted octanol–water partition coefficient (Wildman–Crippen LogP) is 4.38. The summed E-state index contributed by atoms with van der Waals surface area (Å²) >= 11 is 1.52. The smallest absolute Gasteiger partial charge is 0.338 e. The molecule has 0 saturated carbocycles. The minimum Gasteiger partial charge on any atom is -0.466 e. The number of nitrogens with zero attached hydrogens (tertiary/aromatic N) is 4. The van der Waals surface area contributed by atoms with Crippen molar-refractivity contribution in [2.24, 2.45) is 4.99 Å². The SMILES string of the molecule is CCC1=C(C(=O)OC)[C@H](c2ccc(C)cc2C)N2C(CC(=O)N(C)C3CCN(C)CC3)=CSC2=N1. The summed E-state index contributed by atoms with van der Waals surface area (Å²) in [7, 11) is 5.46. The number of piperidine rings is 1. The van der Waals surface area contributed by atoms with Crippen LogP contribution in [0.5, 0.6) is 0 Å². The van der Waals surface area contributed by atoms with Gasteiger partial charge in [0.2, 0.25) is 5.91 Å². The molecule has 0 spiro atoms. The van der Waals surface area contributed by atoms with E-state index >= 15 is 0 Å². The minimum absolute atomic E-state index is 0.0944. The molecule has 0 bridgehead atoms.